The highest BCUT2D eigenvalue weighted by Crippen LogP contribution is 2.32. The predicted octanol–water partition coefficient (Wildman–Crippen LogP) is 6.12. The van der Waals surface area contributed by atoms with Crippen molar-refractivity contribution in [2.45, 2.75) is 13.8 Å². The summed E-state index contributed by atoms with van der Waals surface area (Å²) in [5.74, 6) is 1.54. The molecular weight excluding hydrogens is 336 g/mol. The molecule has 4 rings (SSSR count). The van der Waals surface area contributed by atoms with E-state index >= 15 is 0 Å². The van der Waals surface area contributed by atoms with Crippen LogP contribution in [0.5, 0.6) is 5.75 Å². The smallest absolute Gasteiger partial charge is 0.187 e. The number of rotatable bonds is 5. The molecule has 2 aromatic carbocycles. The summed E-state index contributed by atoms with van der Waals surface area (Å²) in [6.45, 7) is 4.66. The van der Waals surface area contributed by atoms with Gasteiger partial charge in [0, 0.05) is 11.8 Å². The SMILES string of the molecule is CCOc1ccc(N=Nc2c(-c3ccccc3)nc3cc(C)ccn23)cc1. The number of aromatic nitrogens is 2. The summed E-state index contributed by atoms with van der Waals surface area (Å²) < 4.78 is 7.44. The molecule has 0 aliphatic rings. The molecule has 0 aliphatic carbocycles. The number of nitrogens with zero attached hydrogens (tertiary/aromatic N) is 4. The standard InChI is InChI=1S/C22H20N4O/c1-3-27-19-11-9-18(10-12-19)24-25-22-21(17-7-5-4-6-8-17)23-20-15-16(2)13-14-26(20)22/h4-15H,3H2,1-2H3. The van der Waals surface area contributed by atoms with Crippen molar-refractivity contribution in [1.29, 1.82) is 0 Å². The molecule has 4 aromatic rings. The van der Waals surface area contributed by atoms with E-state index in [2.05, 4.69) is 17.2 Å². The number of hydrogen-bond acceptors (Lipinski definition) is 4. The van der Waals surface area contributed by atoms with Crippen LogP contribution in [0.1, 0.15) is 12.5 Å². The maximum Gasteiger partial charge on any atom is 0.187 e. The monoisotopic (exact) mass is 356 g/mol. The van der Waals surface area contributed by atoms with Gasteiger partial charge in [0.25, 0.3) is 0 Å². The second kappa shape index (κ2) is 7.41. The van der Waals surface area contributed by atoms with Crippen molar-refractivity contribution in [3.8, 4) is 17.0 Å². The second-order valence-corrected chi connectivity index (χ2v) is 6.21. The number of imidazole rings is 1. The number of benzene rings is 2. The first kappa shape index (κ1) is 17.0. The summed E-state index contributed by atoms with van der Waals surface area (Å²) in [6.07, 6.45) is 1.98. The third-order valence-corrected chi connectivity index (χ3v) is 4.21. The maximum absolute atomic E-state index is 5.47. The van der Waals surface area contributed by atoms with Crippen LogP contribution in [0.25, 0.3) is 16.9 Å². The Labute approximate surface area is 158 Å². The van der Waals surface area contributed by atoms with Crippen LogP contribution in [0, 0.1) is 6.92 Å². The molecule has 27 heavy (non-hydrogen) atoms. The number of azo groups is 1. The molecule has 0 spiro atoms. The molecular formula is C22H20N4O. The lowest BCUT2D eigenvalue weighted by molar-refractivity contribution is 0.340. The van der Waals surface area contributed by atoms with Gasteiger partial charge in [-0.1, -0.05) is 30.3 Å². The average molecular weight is 356 g/mol. The number of fused-ring (bicyclic) bond motifs is 1. The van der Waals surface area contributed by atoms with Crippen molar-refractivity contribution in [1.82, 2.24) is 9.38 Å². The molecule has 0 saturated carbocycles. The average Bonchev–Trinajstić information content (AvgIpc) is 3.06. The summed E-state index contributed by atoms with van der Waals surface area (Å²) in [7, 11) is 0. The fourth-order valence-electron chi connectivity index (χ4n) is 2.90. The molecule has 0 N–H and O–H groups in total. The first-order chi connectivity index (χ1) is 13.2. The van der Waals surface area contributed by atoms with E-state index < -0.39 is 0 Å². The minimum atomic E-state index is 0.641. The van der Waals surface area contributed by atoms with E-state index in [-0.39, 0.29) is 0 Å². The van der Waals surface area contributed by atoms with Gasteiger partial charge in [0.1, 0.15) is 17.1 Å². The van der Waals surface area contributed by atoms with Crippen LogP contribution in [-0.2, 0) is 0 Å². The third-order valence-electron chi connectivity index (χ3n) is 4.21. The summed E-state index contributed by atoms with van der Waals surface area (Å²) in [5.41, 5.74) is 4.60. The largest absolute Gasteiger partial charge is 0.494 e. The number of pyridine rings is 1. The fourth-order valence-corrected chi connectivity index (χ4v) is 2.90. The van der Waals surface area contributed by atoms with Crippen LogP contribution < -0.4 is 4.74 Å². The molecule has 0 amide bonds. The lowest BCUT2D eigenvalue weighted by Crippen LogP contribution is -1.89. The van der Waals surface area contributed by atoms with Crippen molar-refractivity contribution in [3.05, 3.63) is 78.5 Å². The van der Waals surface area contributed by atoms with Gasteiger partial charge >= 0.3 is 0 Å². The fraction of sp³-hybridized carbons (Fsp3) is 0.136. The van der Waals surface area contributed by atoms with E-state index in [0.717, 1.165) is 33.9 Å². The normalized spacial score (nSPS) is 11.3. The van der Waals surface area contributed by atoms with Gasteiger partial charge in [0.2, 0.25) is 0 Å². The van der Waals surface area contributed by atoms with Crippen LogP contribution in [0.3, 0.4) is 0 Å². The first-order valence-electron chi connectivity index (χ1n) is 8.93. The van der Waals surface area contributed by atoms with Crippen LogP contribution in [-0.4, -0.2) is 16.0 Å². The highest BCUT2D eigenvalue weighted by atomic mass is 16.5. The predicted molar refractivity (Wildman–Crippen MR) is 107 cm³/mol. The summed E-state index contributed by atoms with van der Waals surface area (Å²) in [6, 6.07) is 21.7. The van der Waals surface area contributed by atoms with E-state index in [1.54, 1.807) is 0 Å². The third kappa shape index (κ3) is 3.58. The van der Waals surface area contributed by atoms with Gasteiger partial charge in [-0.05, 0) is 55.8 Å². The Morgan fingerprint density at radius 2 is 1.74 bits per heavy atom. The van der Waals surface area contributed by atoms with E-state index in [4.69, 9.17) is 9.72 Å². The Balaban J connectivity index is 1.77. The molecule has 5 heteroatoms. The Kier molecular flexibility index (Phi) is 4.66. The molecule has 0 fully saturated rings. The second-order valence-electron chi connectivity index (χ2n) is 6.21. The van der Waals surface area contributed by atoms with Gasteiger partial charge in [-0.15, -0.1) is 10.2 Å². The molecule has 0 unspecified atom stereocenters. The van der Waals surface area contributed by atoms with Gasteiger partial charge < -0.3 is 4.74 Å². The van der Waals surface area contributed by atoms with Crippen LogP contribution in [0.2, 0.25) is 0 Å². The van der Waals surface area contributed by atoms with Gasteiger partial charge in [0.05, 0.1) is 12.3 Å². The molecule has 2 heterocycles. The van der Waals surface area contributed by atoms with Gasteiger partial charge in [-0.25, -0.2) is 4.98 Å². The highest BCUT2D eigenvalue weighted by molar-refractivity contribution is 5.74. The van der Waals surface area contributed by atoms with Crippen molar-refractivity contribution in [3.63, 3.8) is 0 Å². The molecule has 0 bridgehead atoms. The van der Waals surface area contributed by atoms with Crippen LogP contribution in [0.15, 0.2) is 83.2 Å². The van der Waals surface area contributed by atoms with Crippen LogP contribution in [0.4, 0.5) is 11.5 Å². The van der Waals surface area contributed by atoms with Crippen molar-refractivity contribution < 1.29 is 4.74 Å². The maximum atomic E-state index is 5.47. The van der Waals surface area contributed by atoms with Gasteiger partial charge in [-0.2, -0.15) is 0 Å². The summed E-state index contributed by atoms with van der Waals surface area (Å²) in [4.78, 5) is 4.78. The number of hydrogen-bond donors (Lipinski definition) is 0. The zero-order valence-corrected chi connectivity index (χ0v) is 15.3. The van der Waals surface area contributed by atoms with Crippen molar-refractivity contribution in [2.24, 2.45) is 10.2 Å². The zero-order chi connectivity index (χ0) is 18.6. The van der Waals surface area contributed by atoms with E-state index in [1.165, 1.54) is 0 Å². The summed E-state index contributed by atoms with van der Waals surface area (Å²) >= 11 is 0. The topological polar surface area (TPSA) is 51.2 Å². The lowest BCUT2D eigenvalue weighted by atomic mass is 10.1. The Hall–Kier alpha value is -3.47. The number of aryl methyl sites for hydroxylation is 1. The Morgan fingerprint density at radius 1 is 0.963 bits per heavy atom. The molecule has 5 nitrogen and oxygen atoms in total. The van der Waals surface area contributed by atoms with Crippen molar-refractivity contribution >= 4 is 17.2 Å². The molecule has 134 valence electrons. The minimum Gasteiger partial charge on any atom is -0.494 e. The molecule has 0 radical (unpaired) electrons. The minimum absolute atomic E-state index is 0.641. The van der Waals surface area contributed by atoms with E-state index in [9.17, 15) is 0 Å². The van der Waals surface area contributed by atoms with Crippen LogP contribution >= 0.6 is 0 Å². The summed E-state index contributed by atoms with van der Waals surface area (Å²) in [5, 5.41) is 8.95. The zero-order valence-electron chi connectivity index (χ0n) is 15.3. The quantitative estimate of drug-likeness (QED) is 0.404. The molecule has 0 saturated heterocycles. The highest BCUT2D eigenvalue weighted by Gasteiger charge is 2.13. The van der Waals surface area contributed by atoms with E-state index in [1.807, 2.05) is 84.3 Å². The van der Waals surface area contributed by atoms with Crippen molar-refractivity contribution in [2.75, 3.05) is 6.61 Å². The molecule has 0 aliphatic heterocycles. The molecule has 0 atom stereocenters. The van der Waals surface area contributed by atoms with E-state index in [0.29, 0.717) is 12.4 Å². The Bertz CT molecular complexity index is 1080. The van der Waals surface area contributed by atoms with Gasteiger partial charge in [-0.3, -0.25) is 4.40 Å². The van der Waals surface area contributed by atoms with Gasteiger partial charge in [0.15, 0.2) is 5.82 Å². The Morgan fingerprint density at radius 3 is 2.48 bits per heavy atom. The molecule has 2 aromatic heterocycles. The lowest BCUT2D eigenvalue weighted by Gasteiger charge is -2.02. The number of ether oxygens (including phenoxy) is 1. The first-order valence-corrected chi connectivity index (χ1v) is 8.93.